The molecule has 0 bridgehead atoms. The third kappa shape index (κ3) is 2.63. The fourth-order valence-corrected chi connectivity index (χ4v) is 3.15. The first-order valence-corrected chi connectivity index (χ1v) is 7.35. The average molecular weight is 278 g/mol. The molecule has 2 rings (SSSR count). The first-order chi connectivity index (χ1) is 8.91. The summed E-state index contributed by atoms with van der Waals surface area (Å²) in [6.07, 6.45) is 2.01. The van der Waals surface area contributed by atoms with Gasteiger partial charge in [0.2, 0.25) is 5.52 Å². The molecule has 4 heteroatoms. The van der Waals surface area contributed by atoms with Crippen molar-refractivity contribution in [3.05, 3.63) is 24.4 Å². The number of phenols is 2. The Bertz CT molecular complexity index is 609. The van der Waals surface area contributed by atoms with E-state index in [0.29, 0.717) is 11.3 Å². The summed E-state index contributed by atoms with van der Waals surface area (Å²) >= 11 is 1.57. The van der Waals surface area contributed by atoms with Gasteiger partial charge in [-0.15, -0.1) is 11.8 Å². The van der Waals surface area contributed by atoms with Gasteiger partial charge < -0.3 is 10.2 Å². The van der Waals surface area contributed by atoms with Crippen LogP contribution in [0.25, 0.3) is 10.9 Å². The quantitative estimate of drug-likeness (QED) is 0.512. The molecule has 0 aliphatic heterocycles. The van der Waals surface area contributed by atoms with Crippen molar-refractivity contribution >= 4 is 22.7 Å². The molecule has 0 radical (unpaired) electrons. The van der Waals surface area contributed by atoms with Crippen molar-refractivity contribution in [2.75, 3.05) is 0 Å². The van der Waals surface area contributed by atoms with E-state index >= 15 is 0 Å². The van der Waals surface area contributed by atoms with E-state index in [1.165, 1.54) is 0 Å². The second-order valence-corrected chi connectivity index (χ2v) is 6.77. The average Bonchev–Trinajstić information content (AvgIpc) is 2.33. The number of aromatic nitrogens is 1. The highest BCUT2D eigenvalue weighted by Crippen LogP contribution is 2.42. The van der Waals surface area contributed by atoms with E-state index in [1.807, 2.05) is 18.3 Å². The second-order valence-electron chi connectivity index (χ2n) is 5.19. The van der Waals surface area contributed by atoms with Crippen molar-refractivity contribution in [2.45, 2.75) is 43.9 Å². The molecule has 1 heterocycles. The summed E-state index contributed by atoms with van der Waals surface area (Å²) in [5.41, 5.74) is 0.978. The lowest BCUT2D eigenvalue weighted by atomic mass is 10.1. The zero-order chi connectivity index (χ0) is 14.2. The molecule has 1 aromatic heterocycles. The van der Waals surface area contributed by atoms with Gasteiger partial charge >= 0.3 is 0 Å². The Morgan fingerprint density at radius 3 is 2.42 bits per heavy atom. The van der Waals surface area contributed by atoms with Gasteiger partial charge in [0.1, 0.15) is 4.90 Å². The number of rotatable bonds is 3. The lowest BCUT2D eigenvalue weighted by Gasteiger charge is -2.12. The second kappa shape index (κ2) is 5.29. The zero-order valence-corrected chi connectivity index (χ0v) is 12.5. The van der Waals surface area contributed by atoms with E-state index in [4.69, 9.17) is 0 Å². The lowest BCUT2D eigenvalue weighted by Crippen LogP contribution is -2.36. The number of phenolic OH excluding ortho intramolecular Hbond substituents is 2. The van der Waals surface area contributed by atoms with E-state index in [1.54, 1.807) is 17.8 Å². The van der Waals surface area contributed by atoms with E-state index in [-0.39, 0.29) is 11.5 Å². The normalized spacial score (nSPS) is 11.7. The van der Waals surface area contributed by atoms with Gasteiger partial charge in [0.05, 0.1) is 5.39 Å². The van der Waals surface area contributed by atoms with Gasteiger partial charge in [-0.3, -0.25) is 0 Å². The van der Waals surface area contributed by atoms with Crippen LogP contribution in [0.4, 0.5) is 0 Å². The number of benzene rings is 1. The maximum absolute atomic E-state index is 10.2. The molecule has 2 N–H and O–H groups in total. The topological polar surface area (TPSA) is 44.3 Å². The Labute approximate surface area is 117 Å². The van der Waals surface area contributed by atoms with E-state index in [9.17, 15) is 10.2 Å². The smallest absolute Gasteiger partial charge is 0.230 e. The van der Waals surface area contributed by atoms with Crippen molar-refractivity contribution in [3.63, 3.8) is 0 Å². The van der Waals surface area contributed by atoms with Crippen molar-refractivity contribution in [3.8, 4) is 11.5 Å². The number of aromatic hydroxyl groups is 2. The van der Waals surface area contributed by atoms with Crippen molar-refractivity contribution in [1.82, 2.24) is 0 Å². The van der Waals surface area contributed by atoms with E-state index < -0.39 is 0 Å². The Morgan fingerprint density at radius 1 is 1.16 bits per heavy atom. The molecule has 0 saturated carbocycles. The minimum absolute atomic E-state index is 0.0215. The van der Waals surface area contributed by atoms with Crippen LogP contribution in [0.3, 0.4) is 0 Å². The van der Waals surface area contributed by atoms with E-state index in [0.717, 1.165) is 15.8 Å². The first kappa shape index (κ1) is 14.0. The summed E-state index contributed by atoms with van der Waals surface area (Å²) in [4.78, 5) is 0.749. The molecule has 0 fully saturated rings. The minimum Gasteiger partial charge on any atom is -0.504 e. The lowest BCUT2D eigenvalue weighted by molar-refractivity contribution is -0.692. The molecule has 0 saturated heterocycles. The Balaban J connectivity index is 2.83. The summed E-state index contributed by atoms with van der Waals surface area (Å²) in [6, 6.07) is 5.83. The van der Waals surface area contributed by atoms with Gasteiger partial charge in [0, 0.05) is 11.3 Å². The number of thioether (sulfide) groups is 1. The molecular formula is C15H20NO2S+. The summed E-state index contributed by atoms with van der Waals surface area (Å²) in [5, 5.41) is 21.3. The largest absolute Gasteiger partial charge is 0.504 e. The van der Waals surface area contributed by atoms with Gasteiger partial charge in [-0.25, -0.2) is 0 Å². The van der Waals surface area contributed by atoms with E-state index in [2.05, 4.69) is 32.3 Å². The van der Waals surface area contributed by atoms with Crippen LogP contribution in [0.2, 0.25) is 0 Å². The van der Waals surface area contributed by atoms with Crippen LogP contribution in [0.5, 0.6) is 11.5 Å². The molecule has 0 atom stereocenters. The molecular weight excluding hydrogens is 258 g/mol. The predicted octanol–water partition coefficient (Wildman–Crippen LogP) is 3.62. The molecule has 0 spiro atoms. The monoisotopic (exact) mass is 278 g/mol. The summed E-state index contributed by atoms with van der Waals surface area (Å²) in [7, 11) is 0. The molecule has 19 heavy (non-hydrogen) atoms. The molecule has 102 valence electrons. The van der Waals surface area contributed by atoms with Crippen molar-refractivity contribution in [2.24, 2.45) is 0 Å². The maximum atomic E-state index is 10.2. The fourth-order valence-electron chi connectivity index (χ4n) is 2.13. The highest BCUT2D eigenvalue weighted by atomic mass is 32.2. The summed E-state index contributed by atoms with van der Waals surface area (Å²) in [6.45, 7) is 8.35. The number of nitrogens with zero attached hydrogens (tertiary/aromatic N) is 1. The van der Waals surface area contributed by atoms with Crippen LogP contribution in [0, 0.1) is 0 Å². The molecule has 1 aromatic carbocycles. The van der Waals surface area contributed by atoms with Gasteiger partial charge in [0.15, 0.2) is 23.7 Å². The van der Waals surface area contributed by atoms with Crippen LogP contribution < -0.4 is 4.57 Å². The third-order valence-electron chi connectivity index (χ3n) is 2.93. The molecule has 0 aliphatic carbocycles. The molecule has 0 unspecified atom stereocenters. The Hall–Kier alpha value is -1.42. The molecule has 3 nitrogen and oxygen atoms in total. The number of pyridine rings is 1. The van der Waals surface area contributed by atoms with Gasteiger partial charge in [0.25, 0.3) is 0 Å². The third-order valence-corrected chi connectivity index (χ3v) is 4.02. The Kier molecular flexibility index (Phi) is 3.90. The fraction of sp³-hybridized carbons (Fsp3) is 0.400. The van der Waals surface area contributed by atoms with Crippen molar-refractivity contribution in [1.29, 1.82) is 0 Å². The molecule has 0 aliphatic rings. The highest BCUT2D eigenvalue weighted by Gasteiger charge is 2.23. The zero-order valence-electron chi connectivity index (χ0n) is 11.7. The number of fused-ring (bicyclic) bond motifs is 1. The number of hydrogen-bond donors (Lipinski definition) is 2. The van der Waals surface area contributed by atoms with Crippen LogP contribution in [-0.4, -0.2) is 15.5 Å². The predicted molar refractivity (Wildman–Crippen MR) is 78.9 cm³/mol. The van der Waals surface area contributed by atoms with Gasteiger partial charge in [-0.1, -0.05) is 13.8 Å². The maximum Gasteiger partial charge on any atom is 0.230 e. The van der Waals surface area contributed by atoms with Gasteiger partial charge in [-0.05, 0) is 26.0 Å². The summed E-state index contributed by atoms with van der Waals surface area (Å²) < 4.78 is 2.12. The Morgan fingerprint density at radius 2 is 1.84 bits per heavy atom. The number of hydrogen-bond acceptors (Lipinski definition) is 3. The minimum atomic E-state index is -0.0582. The standard InChI is InChI=1S/C15H19NO2S/c1-9(2)16-7-5-6-11-8-12(17)14(18)15(13(11)16)19-10(3)4/h5-10,17H,1-4H3/p+1. The van der Waals surface area contributed by atoms with Crippen molar-refractivity contribution < 1.29 is 14.8 Å². The highest BCUT2D eigenvalue weighted by molar-refractivity contribution is 8.00. The summed E-state index contributed by atoms with van der Waals surface area (Å²) in [5.74, 6) is -0.0797. The molecule has 0 amide bonds. The first-order valence-electron chi connectivity index (χ1n) is 6.47. The van der Waals surface area contributed by atoms with Crippen LogP contribution >= 0.6 is 11.8 Å². The van der Waals surface area contributed by atoms with Crippen LogP contribution in [0.1, 0.15) is 33.7 Å². The van der Waals surface area contributed by atoms with Gasteiger partial charge in [-0.2, -0.15) is 4.57 Å². The molecule has 2 aromatic rings. The SMILES string of the molecule is CC(C)Sc1c(O)c(O)cc2ccc[n+](C(C)C)c12. The van der Waals surface area contributed by atoms with Crippen LogP contribution in [0.15, 0.2) is 29.3 Å². The van der Waals surface area contributed by atoms with Crippen LogP contribution in [-0.2, 0) is 0 Å².